The van der Waals surface area contributed by atoms with Gasteiger partial charge in [0.25, 0.3) is 0 Å². The summed E-state index contributed by atoms with van der Waals surface area (Å²) in [6.45, 7) is 7.09. The molecule has 0 aliphatic rings. The van der Waals surface area contributed by atoms with Gasteiger partial charge in [0.15, 0.2) is 0 Å². The second-order valence-electron chi connectivity index (χ2n) is 15.4. The lowest BCUT2D eigenvalue weighted by Crippen LogP contribution is -2.24. The van der Waals surface area contributed by atoms with Gasteiger partial charge in [-0.3, -0.25) is 0 Å². The van der Waals surface area contributed by atoms with E-state index in [1.807, 2.05) is 0 Å². The zero-order valence-corrected chi connectivity index (χ0v) is 32.5. The van der Waals surface area contributed by atoms with Gasteiger partial charge in [-0.1, -0.05) is 128 Å². The number of benzene rings is 8. The predicted molar refractivity (Wildman–Crippen MR) is 250 cm³/mol. The van der Waals surface area contributed by atoms with Gasteiger partial charge in [0, 0.05) is 71.5 Å². The summed E-state index contributed by atoms with van der Waals surface area (Å²) in [6, 6.07) is 69.7. The van der Waals surface area contributed by atoms with Gasteiger partial charge in [-0.2, -0.15) is 0 Å². The Morgan fingerprint density at radius 2 is 0.797 bits per heavy atom. The molecule has 0 atom stereocenters. The number of hydrogen-bond donors (Lipinski definition) is 0. The third kappa shape index (κ3) is 4.78. The lowest BCUT2D eigenvalue weighted by molar-refractivity contribution is 1.17. The first kappa shape index (κ1) is 33.3. The molecular weight excluding hydrogens is 717 g/mol. The number of para-hydroxylation sites is 6. The Morgan fingerprint density at radius 3 is 1.27 bits per heavy atom. The molecule has 0 aliphatic carbocycles. The molecule has 4 heteroatoms. The van der Waals surface area contributed by atoms with Crippen LogP contribution in [0, 0.1) is 6.92 Å². The van der Waals surface area contributed by atoms with Gasteiger partial charge < -0.3 is 18.6 Å². The van der Waals surface area contributed by atoms with E-state index in [-0.39, 0.29) is 0 Å². The van der Waals surface area contributed by atoms with Crippen molar-refractivity contribution >= 4 is 101 Å². The Hall–Kier alpha value is -7.82. The lowest BCUT2D eigenvalue weighted by atomic mass is 10.0. The van der Waals surface area contributed by atoms with Gasteiger partial charge in [-0.25, -0.2) is 0 Å². The largest absolute Gasteiger partial charge is 0.312 e. The van der Waals surface area contributed by atoms with Crippen LogP contribution in [0.1, 0.15) is 11.3 Å². The average molecular weight is 755 g/mol. The van der Waals surface area contributed by atoms with Crippen molar-refractivity contribution in [3.05, 3.63) is 216 Å². The van der Waals surface area contributed by atoms with Crippen LogP contribution in [-0.4, -0.2) is 8.80 Å². The van der Waals surface area contributed by atoms with E-state index in [1.54, 1.807) is 0 Å². The van der Waals surface area contributed by atoms with Crippen molar-refractivity contribution in [3.63, 3.8) is 0 Å². The van der Waals surface area contributed by atoms with Crippen molar-refractivity contribution in [2.75, 3.05) is 9.80 Å². The van der Waals surface area contributed by atoms with E-state index in [0.717, 1.165) is 50.1 Å². The summed E-state index contributed by atoms with van der Waals surface area (Å²) < 4.78 is 4.94. The van der Waals surface area contributed by atoms with Crippen molar-refractivity contribution in [2.45, 2.75) is 6.92 Å². The Labute approximate surface area is 341 Å². The van der Waals surface area contributed by atoms with Gasteiger partial charge in [0.2, 0.25) is 0 Å². The van der Waals surface area contributed by atoms with E-state index in [1.165, 1.54) is 60.3 Å². The summed E-state index contributed by atoms with van der Waals surface area (Å²) in [6.07, 6.45) is 2.40. The predicted octanol–water partition coefficient (Wildman–Crippen LogP) is 13.2. The molecule has 0 saturated carbocycles. The molecule has 0 bridgehead atoms. The molecule has 0 fully saturated rings. The van der Waals surface area contributed by atoms with E-state index >= 15 is 0 Å². The monoisotopic (exact) mass is 754 g/mol. The Morgan fingerprint density at radius 1 is 0.407 bits per heavy atom. The third-order valence-corrected chi connectivity index (χ3v) is 12.3. The topological polar surface area (TPSA) is 15.3 Å². The van der Waals surface area contributed by atoms with Crippen LogP contribution < -0.4 is 20.4 Å². The molecule has 0 saturated heterocycles. The summed E-state index contributed by atoms with van der Waals surface area (Å²) in [5, 5.41) is 9.45. The first-order valence-electron chi connectivity index (χ1n) is 20.2. The normalized spacial score (nSPS) is 12.3. The van der Waals surface area contributed by atoms with Crippen molar-refractivity contribution in [3.8, 4) is 0 Å². The molecule has 12 aromatic rings. The number of aromatic nitrogens is 2. The van der Waals surface area contributed by atoms with E-state index in [2.05, 4.69) is 226 Å². The standard InChI is InChI=1S/C55H38N4/c1-36-42-31-33-49(57(38-19-7-3-8-20-38)39-21-9-4-10-22-39)52-45-28-16-18-30-48(45)59(54(42)52)51(36)35-46-37(2)56-47-29-17-15-27-44(47)53-50(34-32-43(46)55(53)56)58(40-23-11-5-12-24-40)41-25-13-6-14-26-41/h3-35H,1H2,2H3/b51-35+. The maximum Gasteiger partial charge on any atom is 0.0641 e. The molecule has 0 N–H and O–H groups in total. The van der Waals surface area contributed by atoms with Crippen molar-refractivity contribution in [2.24, 2.45) is 0 Å². The zero-order valence-electron chi connectivity index (χ0n) is 32.5. The fraction of sp³-hybridized carbons (Fsp3) is 0.0182. The molecule has 0 spiro atoms. The first-order valence-corrected chi connectivity index (χ1v) is 20.2. The summed E-state index contributed by atoms with van der Waals surface area (Å²) in [5.41, 5.74) is 14.0. The molecule has 59 heavy (non-hydrogen) atoms. The minimum atomic E-state index is 1.03. The lowest BCUT2D eigenvalue weighted by Gasteiger charge is -2.26. The molecule has 0 amide bonds. The minimum absolute atomic E-state index is 1.03. The molecule has 4 nitrogen and oxygen atoms in total. The summed E-state index contributed by atoms with van der Waals surface area (Å²) in [4.78, 5) is 4.78. The van der Waals surface area contributed by atoms with Gasteiger partial charge >= 0.3 is 0 Å². The maximum atomic E-state index is 4.81. The molecule has 0 unspecified atom stereocenters. The highest BCUT2D eigenvalue weighted by Gasteiger charge is 2.26. The number of hydrogen-bond acceptors (Lipinski definition) is 2. The number of nitrogens with zero attached hydrogens (tertiary/aromatic N) is 4. The Kier molecular flexibility index (Phi) is 7.26. The van der Waals surface area contributed by atoms with Crippen LogP contribution in [0.2, 0.25) is 0 Å². The number of fused-ring (bicyclic) bond motifs is 6. The molecule has 0 aliphatic heterocycles. The van der Waals surface area contributed by atoms with Gasteiger partial charge in [-0.15, -0.1) is 0 Å². The Balaban J connectivity index is 1.16. The average Bonchev–Trinajstić information content (AvgIpc) is 3.99. The summed E-state index contributed by atoms with van der Waals surface area (Å²) in [7, 11) is 0. The fourth-order valence-corrected chi connectivity index (χ4v) is 9.81. The zero-order chi connectivity index (χ0) is 39.2. The summed E-state index contributed by atoms with van der Waals surface area (Å²) >= 11 is 0. The van der Waals surface area contributed by atoms with Gasteiger partial charge in [0.1, 0.15) is 0 Å². The highest BCUT2D eigenvalue weighted by Crippen LogP contribution is 2.47. The highest BCUT2D eigenvalue weighted by atomic mass is 15.2. The maximum absolute atomic E-state index is 4.81. The molecule has 12 rings (SSSR count). The van der Waals surface area contributed by atoms with Gasteiger partial charge in [0.05, 0.1) is 38.8 Å². The van der Waals surface area contributed by atoms with Crippen LogP contribution >= 0.6 is 0 Å². The summed E-state index contributed by atoms with van der Waals surface area (Å²) in [5.74, 6) is 0. The Bertz CT molecular complexity index is 3550. The number of aryl methyl sites for hydroxylation is 1. The van der Waals surface area contributed by atoms with E-state index in [0.29, 0.717) is 0 Å². The van der Waals surface area contributed by atoms with Crippen LogP contribution in [0.25, 0.3) is 67.0 Å². The van der Waals surface area contributed by atoms with Crippen LogP contribution in [0.15, 0.2) is 194 Å². The van der Waals surface area contributed by atoms with Crippen LogP contribution in [0.3, 0.4) is 0 Å². The quantitative estimate of drug-likeness (QED) is 0.161. The van der Waals surface area contributed by atoms with Crippen LogP contribution in [0.5, 0.6) is 0 Å². The van der Waals surface area contributed by atoms with Crippen molar-refractivity contribution in [1.29, 1.82) is 0 Å². The molecule has 4 heterocycles. The van der Waals surface area contributed by atoms with Crippen molar-refractivity contribution < 1.29 is 0 Å². The third-order valence-electron chi connectivity index (χ3n) is 12.3. The molecule has 0 radical (unpaired) electrons. The van der Waals surface area contributed by atoms with Crippen molar-refractivity contribution in [1.82, 2.24) is 8.80 Å². The number of rotatable bonds is 7. The number of anilines is 6. The molecule has 278 valence electrons. The molecule has 8 aromatic carbocycles. The smallest absolute Gasteiger partial charge is 0.0641 e. The highest BCUT2D eigenvalue weighted by molar-refractivity contribution is 6.23. The van der Waals surface area contributed by atoms with E-state index in [4.69, 9.17) is 6.58 Å². The van der Waals surface area contributed by atoms with E-state index < -0.39 is 0 Å². The fourth-order valence-electron chi connectivity index (χ4n) is 9.81. The molecule has 4 aromatic heterocycles. The SMILES string of the molecule is C=c1/c(=C\c2c(C)n3c4ccccc4c4c(N(c5ccccc5)c5ccccc5)ccc2c43)n2c3ccccc3c3c(N(c4ccccc4)c4ccccc4)ccc1c32. The second kappa shape index (κ2) is 12.9. The molecular formula is C55H38N4. The van der Waals surface area contributed by atoms with Gasteiger partial charge in [-0.05, 0) is 85.8 Å². The van der Waals surface area contributed by atoms with Crippen LogP contribution in [0.4, 0.5) is 34.1 Å². The minimum Gasteiger partial charge on any atom is -0.312 e. The first-order chi connectivity index (χ1) is 29.2. The van der Waals surface area contributed by atoms with E-state index in [9.17, 15) is 0 Å². The van der Waals surface area contributed by atoms with Crippen LogP contribution in [-0.2, 0) is 0 Å². The second-order valence-corrected chi connectivity index (χ2v) is 15.4.